The van der Waals surface area contributed by atoms with Crippen LogP contribution in [0.4, 0.5) is 0 Å². The molecule has 94 valence electrons. The molecular formula is C14H16N2S2. The third-order valence-electron chi connectivity index (χ3n) is 2.25. The molecule has 0 saturated heterocycles. The first-order chi connectivity index (χ1) is 8.76. The van der Waals surface area contributed by atoms with Crippen molar-refractivity contribution in [3.63, 3.8) is 0 Å². The van der Waals surface area contributed by atoms with E-state index in [1.165, 1.54) is 0 Å². The number of hydrogen-bond donors (Lipinski definition) is 0. The second kappa shape index (κ2) is 8.08. The first-order valence-corrected chi connectivity index (χ1v) is 7.97. The van der Waals surface area contributed by atoms with Gasteiger partial charge in [-0.1, -0.05) is 13.8 Å². The molecule has 1 rings (SSSR count). The van der Waals surface area contributed by atoms with E-state index in [9.17, 15) is 0 Å². The highest BCUT2D eigenvalue weighted by Gasteiger charge is 2.10. The van der Waals surface area contributed by atoms with Crippen LogP contribution in [0.25, 0.3) is 0 Å². The fourth-order valence-electron chi connectivity index (χ4n) is 1.39. The van der Waals surface area contributed by atoms with Crippen molar-refractivity contribution in [3.8, 4) is 12.1 Å². The second-order valence-corrected chi connectivity index (χ2v) is 6.04. The molecule has 0 amide bonds. The van der Waals surface area contributed by atoms with E-state index < -0.39 is 0 Å². The summed E-state index contributed by atoms with van der Waals surface area (Å²) in [6.07, 6.45) is 2.20. The van der Waals surface area contributed by atoms with Crippen molar-refractivity contribution in [1.29, 1.82) is 10.5 Å². The summed E-state index contributed by atoms with van der Waals surface area (Å²) >= 11 is 3.53. The molecule has 0 saturated carbocycles. The Labute approximate surface area is 117 Å². The first kappa shape index (κ1) is 15.0. The summed E-state index contributed by atoms with van der Waals surface area (Å²) in [6.45, 7) is 4.28. The molecule has 4 heteroatoms. The van der Waals surface area contributed by atoms with E-state index >= 15 is 0 Å². The molecule has 0 aromatic heterocycles. The summed E-state index contributed by atoms with van der Waals surface area (Å²) in [5.41, 5.74) is 0.967. The molecule has 0 heterocycles. The molecule has 18 heavy (non-hydrogen) atoms. The Morgan fingerprint density at radius 2 is 1.28 bits per heavy atom. The molecule has 0 radical (unpaired) electrons. The number of benzene rings is 1. The molecular weight excluding hydrogens is 260 g/mol. The summed E-state index contributed by atoms with van der Waals surface area (Å²) in [4.78, 5) is 2.26. The second-order valence-electron chi connectivity index (χ2n) is 3.77. The van der Waals surface area contributed by atoms with Crippen LogP contribution in [0.3, 0.4) is 0 Å². The van der Waals surface area contributed by atoms with Crippen LogP contribution >= 0.6 is 23.5 Å². The van der Waals surface area contributed by atoms with Gasteiger partial charge in [0.2, 0.25) is 0 Å². The van der Waals surface area contributed by atoms with E-state index in [1.807, 2.05) is 12.1 Å². The van der Waals surface area contributed by atoms with Crippen LogP contribution in [0.2, 0.25) is 0 Å². The van der Waals surface area contributed by atoms with Crippen LogP contribution in [-0.2, 0) is 0 Å². The van der Waals surface area contributed by atoms with Gasteiger partial charge in [0.1, 0.15) is 12.1 Å². The minimum absolute atomic E-state index is 0.483. The van der Waals surface area contributed by atoms with Gasteiger partial charge in [-0.15, -0.1) is 23.5 Å². The number of nitrogens with zero attached hydrogens (tertiary/aromatic N) is 2. The van der Waals surface area contributed by atoms with Crippen molar-refractivity contribution in [1.82, 2.24) is 0 Å². The van der Waals surface area contributed by atoms with Crippen molar-refractivity contribution in [2.75, 3.05) is 11.5 Å². The molecule has 0 aliphatic rings. The van der Waals surface area contributed by atoms with Gasteiger partial charge < -0.3 is 0 Å². The number of thioether (sulfide) groups is 2. The molecule has 1 aromatic rings. The van der Waals surface area contributed by atoms with Crippen LogP contribution < -0.4 is 0 Å². The summed E-state index contributed by atoms with van der Waals surface area (Å²) in [5.74, 6) is 2.08. The summed E-state index contributed by atoms with van der Waals surface area (Å²) < 4.78 is 0. The lowest BCUT2D eigenvalue weighted by Crippen LogP contribution is -1.90. The van der Waals surface area contributed by atoms with Crippen LogP contribution in [0.15, 0.2) is 21.9 Å². The molecule has 0 spiro atoms. The Bertz CT molecular complexity index is 439. The predicted octanol–water partition coefficient (Wildman–Crippen LogP) is 4.43. The largest absolute Gasteiger partial charge is 0.192 e. The van der Waals surface area contributed by atoms with Crippen molar-refractivity contribution in [2.45, 2.75) is 36.5 Å². The van der Waals surface area contributed by atoms with E-state index in [-0.39, 0.29) is 0 Å². The fraction of sp³-hybridized carbons (Fsp3) is 0.429. The number of nitriles is 2. The molecule has 1 aromatic carbocycles. The van der Waals surface area contributed by atoms with Gasteiger partial charge in [0.15, 0.2) is 0 Å². The van der Waals surface area contributed by atoms with E-state index in [1.54, 1.807) is 23.5 Å². The standard InChI is InChI=1S/C14H16N2S2/c1-3-5-17-13-7-11(9-15)12(10-16)8-14(13)18-6-4-2/h7-8H,3-6H2,1-2H3. The lowest BCUT2D eigenvalue weighted by atomic mass is 10.1. The van der Waals surface area contributed by atoms with Gasteiger partial charge >= 0.3 is 0 Å². The van der Waals surface area contributed by atoms with E-state index in [4.69, 9.17) is 10.5 Å². The Morgan fingerprint density at radius 1 is 0.889 bits per heavy atom. The van der Waals surface area contributed by atoms with E-state index in [0.717, 1.165) is 34.1 Å². The first-order valence-electron chi connectivity index (χ1n) is 6.00. The predicted molar refractivity (Wildman–Crippen MR) is 77.9 cm³/mol. The maximum atomic E-state index is 9.05. The Hall–Kier alpha value is -1.10. The van der Waals surface area contributed by atoms with Crippen LogP contribution in [0, 0.1) is 22.7 Å². The zero-order valence-electron chi connectivity index (χ0n) is 10.7. The smallest absolute Gasteiger partial charge is 0.101 e. The van der Waals surface area contributed by atoms with Crippen molar-refractivity contribution in [3.05, 3.63) is 23.3 Å². The van der Waals surface area contributed by atoms with Crippen molar-refractivity contribution >= 4 is 23.5 Å². The average molecular weight is 276 g/mol. The van der Waals surface area contributed by atoms with Crippen LogP contribution in [0.5, 0.6) is 0 Å². The van der Waals surface area contributed by atoms with Gasteiger partial charge in [0.05, 0.1) is 11.1 Å². The molecule has 0 N–H and O–H groups in total. The Morgan fingerprint density at radius 3 is 1.56 bits per heavy atom. The third-order valence-corrected chi connectivity index (χ3v) is 4.90. The van der Waals surface area contributed by atoms with Crippen LogP contribution in [0.1, 0.15) is 37.8 Å². The molecule has 0 unspecified atom stereocenters. The minimum Gasteiger partial charge on any atom is -0.192 e. The fourth-order valence-corrected chi connectivity index (χ4v) is 3.40. The van der Waals surface area contributed by atoms with Gasteiger partial charge in [-0.2, -0.15) is 10.5 Å². The lowest BCUT2D eigenvalue weighted by Gasteiger charge is -2.09. The topological polar surface area (TPSA) is 47.6 Å². The maximum Gasteiger partial charge on any atom is 0.101 e. The summed E-state index contributed by atoms with van der Waals surface area (Å²) in [6, 6.07) is 7.92. The van der Waals surface area contributed by atoms with E-state index in [0.29, 0.717) is 11.1 Å². The van der Waals surface area contributed by atoms with Gasteiger partial charge in [-0.05, 0) is 36.5 Å². The molecule has 0 atom stereocenters. The average Bonchev–Trinajstić information content (AvgIpc) is 2.42. The zero-order valence-corrected chi connectivity index (χ0v) is 12.3. The molecule has 0 aliphatic carbocycles. The highest BCUT2D eigenvalue weighted by molar-refractivity contribution is 8.02. The summed E-state index contributed by atoms with van der Waals surface area (Å²) in [5, 5.41) is 18.1. The maximum absolute atomic E-state index is 9.05. The van der Waals surface area contributed by atoms with Gasteiger partial charge in [-0.25, -0.2) is 0 Å². The highest BCUT2D eigenvalue weighted by Crippen LogP contribution is 2.34. The van der Waals surface area contributed by atoms with Crippen molar-refractivity contribution < 1.29 is 0 Å². The quantitative estimate of drug-likeness (QED) is 0.721. The third kappa shape index (κ3) is 3.98. The van der Waals surface area contributed by atoms with Gasteiger partial charge in [0.25, 0.3) is 0 Å². The molecule has 2 nitrogen and oxygen atoms in total. The SMILES string of the molecule is CCCSc1cc(C#N)c(C#N)cc1SCCC. The normalized spacial score (nSPS) is 9.78. The van der Waals surface area contributed by atoms with Crippen molar-refractivity contribution in [2.24, 2.45) is 0 Å². The number of hydrogen-bond acceptors (Lipinski definition) is 4. The monoisotopic (exact) mass is 276 g/mol. The Kier molecular flexibility index (Phi) is 6.72. The van der Waals surface area contributed by atoms with Crippen LogP contribution in [-0.4, -0.2) is 11.5 Å². The van der Waals surface area contributed by atoms with E-state index in [2.05, 4.69) is 26.0 Å². The summed E-state index contributed by atoms with van der Waals surface area (Å²) in [7, 11) is 0. The van der Waals surface area contributed by atoms with Gasteiger partial charge in [0, 0.05) is 9.79 Å². The Balaban J connectivity index is 3.11. The molecule has 0 aliphatic heterocycles. The minimum atomic E-state index is 0.483. The highest BCUT2D eigenvalue weighted by atomic mass is 32.2. The van der Waals surface area contributed by atoms with Gasteiger partial charge in [-0.3, -0.25) is 0 Å². The zero-order chi connectivity index (χ0) is 13.4. The lowest BCUT2D eigenvalue weighted by molar-refractivity contribution is 1.09. The molecule has 0 bridgehead atoms. The number of rotatable bonds is 6. The molecule has 0 fully saturated rings.